The van der Waals surface area contributed by atoms with Crippen molar-refractivity contribution in [2.75, 3.05) is 58.2 Å². The number of piperazine rings is 1. The highest BCUT2D eigenvalue weighted by atomic mass is 32.1. The van der Waals surface area contributed by atoms with Crippen LogP contribution in [0.4, 0.5) is 9.93 Å². The summed E-state index contributed by atoms with van der Waals surface area (Å²) in [7, 11) is 1.68. The van der Waals surface area contributed by atoms with Gasteiger partial charge in [0.25, 0.3) is 0 Å². The summed E-state index contributed by atoms with van der Waals surface area (Å²) in [4.78, 5) is 33.9. The molecule has 1 aromatic heterocycles. The number of methoxy groups -OCH3 is 1. The van der Waals surface area contributed by atoms with Gasteiger partial charge in [0.1, 0.15) is 5.75 Å². The molecule has 1 saturated carbocycles. The van der Waals surface area contributed by atoms with E-state index in [0.717, 1.165) is 56.0 Å². The number of thiazole rings is 1. The van der Waals surface area contributed by atoms with Gasteiger partial charge in [-0.05, 0) is 49.3 Å². The summed E-state index contributed by atoms with van der Waals surface area (Å²) in [6.07, 6.45) is 8.60. The quantitative estimate of drug-likeness (QED) is 0.564. The highest BCUT2D eigenvalue weighted by Gasteiger charge is 2.24. The number of hydrogen-bond acceptors (Lipinski definition) is 7. The van der Waals surface area contributed by atoms with Crippen molar-refractivity contribution in [3.05, 3.63) is 29.1 Å². The Morgan fingerprint density at radius 2 is 1.78 bits per heavy atom. The van der Waals surface area contributed by atoms with Crippen LogP contribution in [0.3, 0.4) is 0 Å². The number of carbonyl (C=O) groups excluding carboxylic acids is 2. The van der Waals surface area contributed by atoms with Gasteiger partial charge in [-0.25, -0.2) is 14.8 Å². The van der Waals surface area contributed by atoms with E-state index in [4.69, 9.17) is 4.74 Å². The summed E-state index contributed by atoms with van der Waals surface area (Å²) >= 11 is 1.41. The Labute approximate surface area is 223 Å². The molecule has 200 valence electrons. The molecule has 5 rings (SSSR count). The Morgan fingerprint density at radius 3 is 2.51 bits per heavy atom. The first-order valence-electron chi connectivity index (χ1n) is 13.6. The van der Waals surface area contributed by atoms with Crippen molar-refractivity contribution in [1.82, 2.24) is 25.2 Å². The van der Waals surface area contributed by atoms with Crippen LogP contribution in [0.15, 0.2) is 23.6 Å². The molecule has 1 aliphatic carbocycles. The summed E-state index contributed by atoms with van der Waals surface area (Å²) in [6, 6.07) is 6.13. The van der Waals surface area contributed by atoms with Crippen molar-refractivity contribution in [1.29, 1.82) is 0 Å². The number of aromatic nitrogens is 1. The predicted molar refractivity (Wildman–Crippen MR) is 146 cm³/mol. The first-order valence-corrected chi connectivity index (χ1v) is 14.4. The smallest absolute Gasteiger partial charge is 0.335 e. The molecular weight excluding hydrogens is 488 g/mol. The Bertz CT molecular complexity index is 1070. The maximum absolute atomic E-state index is 12.6. The summed E-state index contributed by atoms with van der Waals surface area (Å²) in [5.74, 6) is 1.61. The number of carbonyl (C=O) groups is 2. The average molecular weight is 527 g/mol. The minimum atomic E-state index is -0.301. The van der Waals surface area contributed by atoms with E-state index < -0.39 is 0 Å². The molecule has 1 aromatic carbocycles. The standard InChI is InChI=1S/C27H38N6O3S/c1-36-24-10-9-21(20-7-3-2-4-8-20)17-22(24)23-19-37-27(28-23)29-26(35)30-33-15-13-31(14-16-33)18-25(34)32-11-5-6-12-32/h9-10,17,19-20H,2-8,11-16,18H2,1H3,(H2,28,29,30,35). The van der Waals surface area contributed by atoms with Gasteiger partial charge >= 0.3 is 6.03 Å². The number of ether oxygens (including phenoxy) is 1. The Hall–Kier alpha value is -2.69. The normalized spacial score (nSPS) is 19.6. The second-order valence-electron chi connectivity index (χ2n) is 10.2. The van der Waals surface area contributed by atoms with E-state index >= 15 is 0 Å². The van der Waals surface area contributed by atoms with E-state index in [-0.39, 0.29) is 11.9 Å². The summed E-state index contributed by atoms with van der Waals surface area (Å²) in [5, 5.41) is 7.29. The highest BCUT2D eigenvalue weighted by Crippen LogP contribution is 2.38. The van der Waals surface area contributed by atoms with Gasteiger partial charge in [0.15, 0.2) is 5.13 Å². The van der Waals surface area contributed by atoms with Crippen LogP contribution in [-0.4, -0.2) is 84.7 Å². The molecule has 0 bridgehead atoms. The topological polar surface area (TPSA) is 90.0 Å². The predicted octanol–water partition coefficient (Wildman–Crippen LogP) is 4.14. The van der Waals surface area contributed by atoms with E-state index in [2.05, 4.69) is 32.8 Å². The SMILES string of the molecule is COc1ccc(C2CCCCC2)cc1-c1csc(NC(=O)NN2CCN(CC(=O)N3CCCC3)CC2)n1. The molecule has 3 amide bonds. The number of urea groups is 1. The molecule has 2 N–H and O–H groups in total. The number of amides is 3. The molecule has 2 aliphatic heterocycles. The van der Waals surface area contributed by atoms with Gasteiger partial charge in [0, 0.05) is 50.2 Å². The molecule has 0 spiro atoms. The lowest BCUT2D eigenvalue weighted by atomic mass is 9.83. The Morgan fingerprint density at radius 1 is 1.03 bits per heavy atom. The van der Waals surface area contributed by atoms with Crippen molar-refractivity contribution >= 4 is 28.4 Å². The van der Waals surface area contributed by atoms with Crippen molar-refractivity contribution in [2.24, 2.45) is 0 Å². The fraction of sp³-hybridized carbons (Fsp3) is 0.593. The van der Waals surface area contributed by atoms with Gasteiger partial charge in [0.2, 0.25) is 5.91 Å². The zero-order valence-electron chi connectivity index (χ0n) is 21.7. The van der Waals surface area contributed by atoms with Crippen LogP contribution in [0.1, 0.15) is 56.4 Å². The lowest BCUT2D eigenvalue weighted by molar-refractivity contribution is -0.131. The van der Waals surface area contributed by atoms with Gasteiger partial charge in [-0.2, -0.15) is 0 Å². The molecule has 2 saturated heterocycles. The molecule has 0 radical (unpaired) electrons. The lowest BCUT2D eigenvalue weighted by Gasteiger charge is -2.34. The molecule has 2 aromatic rings. The maximum Gasteiger partial charge on any atom is 0.335 e. The number of hydrazine groups is 1. The molecule has 37 heavy (non-hydrogen) atoms. The van der Waals surface area contributed by atoms with Crippen LogP contribution in [0, 0.1) is 0 Å². The van der Waals surface area contributed by atoms with Gasteiger partial charge < -0.3 is 9.64 Å². The zero-order valence-corrected chi connectivity index (χ0v) is 22.5. The van der Waals surface area contributed by atoms with Crippen molar-refractivity contribution in [3.63, 3.8) is 0 Å². The third-order valence-electron chi connectivity index (χ3n) is 7.75. The Balaban J connectivity index is 1.13. The van der Waals surface area contributed by atoms with Crippen LogP contribution in [0.25, 0.3) is 11.3 Å². The molecule has 3 fully saturated rings. The fourth-order valence-electron chi connectivity index (χ4n) is 5.61. The van der Waals surface area contributed by atoms with E-state index in [1.807, 2.05) is 21.4 Å². The molecule has 3 aliphatic rings. The van der Waals surface area contributed by atoms with Crippen LogP contribution < -0.4 is 15.5 Å². The fourth-order valence-corrected chi connectivity index (χ4v) is 6.32. The zero-order chi connectivity index (χ0) is 25.6. The number of hydrogen-bond donors (Lipinski definition) is 2. The van der Waals surface area contributed by atoms with Gasteiger partial charge in [0.05, 0.1) is 19.3 Å². The number of nitrogens with one attached hydrogen (secondary N) is 2. The maximum atomic E-state index is 12.6. The van der Waals surface area contributed by atoms with Crippen LogP contribution in [0.5, 0.6) is 5.75 Å². The van der Waals surface area contributed by atoms with E-state index in [0.29, 0.717) is 30.7 Å². The average Bonchev–Trinajstić information content (AvgIpc) is 3.63. The van der Waals surface area contributed by atoms with Crippen molar-refractivity contribution < 1.29 is 14.3 Å². The van der Waals surface area contributed by atoms with Gasteiger partial charge in [-0.3, -0.25) is 20.4 Å². The number of anilines is 1. The number of nitrogens with zero attached hydrogens (tertiary/aromatic N) is 4. The second-order valence-corrected chi connectivity index (χ2v) is 11.1. The summed E-state index contributed by atoms with van der Waals surface area (Å²) in [5.41, 5.74) is 6.05. The summed E-state index contributed by atoms with van der Waals surface area (Å²) < 4.78 is 5.62. The minimum Gasteiger partial charge on any atom is -0.496 e. The molecular formula is C27H38N6O3S. The van der Waals surface area contributed by atoms with Crippen molar-refractivity contribution in [2.45, 2.75) is 50.9 Å². The number of likely N-dealkylation sites (tertiary alicyclic amines) is 1. The highest BCUT2D eigenvalue weighted by molar-refractivity contribution is 7.14. The van der Waals surface area contributed by atoms with Crippen molar-refractivity contribution in [3.8, 4) is 17.0 Å². The van der Waals surface area contributed by atoms with Gasteiger partial charge in [-0.15, -0.1) is 11.3 Å². The van der Waals surface area contributed by atoms with Gasteiger partial charge in [-0.1, -0.05) is 25.3 Å². The summed E-state index contributed by atoms with van der Waals surface area (Å²) in [6.45, 7) is 5.09. The largest absolute Gasteiger partial charge is 0.496 e. The molecule has 3 heterocycles. The molecule has 0 unspecified atom stereocenters. The number of benzene rings is 1. The second kappa shape index (κ2) is 12.2. The molecule has 10 heteroatoms. The minimum absolute atomic E-state index is 0.220. The Kier molecular flexibility index (Phi) is 8.58. The third-order valence-corrected chi connectivity index (χ3v) is 8.51. The first kappa shape index (κ1) is 25.9. The molecule has 9 nitrogen and oxygen atoms in total. The number of rotatable bonds is 7. The molecule has 0 atom stereocenters. The van der Waals surface area contributed by atoms with Crippen LogP contribution in [-0.2, 0) is 4.79 Å². The van der Waals surface area contributed by atoms with Crippen LogP contribution in [0.2, 0.25) is 0 Å². The lowest BCUT2D eigenvalue weighted by Crippen LogP contribution is -2.55. The van der Waals surface area contributed by atoms with E-state index in [9.17, 15) is 9.59 Å². The van der Waals surface area contributed by atoms with Crippen LogP contribution >= 0.6 is 11.3 Å². The first-order chi connectivity index (χ1) is 18.1. The van der Waals surface area contributed by atoms with E-state index in [1.165, 1.54) is 49.0 Å². The van der Waals surface area contributed by atoms with E-state index in [1.54, 1.807) is 7.11 Å². The monoisotopic (exact) mass is 526 g/mol. The third kappa shape index (κ3) is 6.61.